The molecule has 0 aliphatic rings. The van der Waals surface area contributed by atoms with E-state index in [0.717, 1.165) is 0 Å². The second-order valence-corrected chi connectivity index (χ2v) is 4.55. The Hall–Kier alpha value is -0.572. The van der Waals surface area contributed by atoms with E-state index in [4.69, 9.17) is 0 Å². The van der Waals surface area contributed by atoms with Crippen LogP contribution >= 0.6 is 0 Å². The Labute approximate surface area is 65.8 Å². The van der Waals surface area contributed by atoms with E-state index in [2.05, 4.69) is 0 Å². The minimum atomic E-state index is -3.05. The zero-order chi connectivity index (χ0) is 5.70. The molecule has 0 saturated heterocycles. The molecule has 0 rings (SSSR count). The summed E-state index contributed by atoms with van der Waals surface area (Å²) in [7, 11) is 0. The van der Waals surface area contributed by atoms with Crippen molar-refractivity contribution in [2.24, 2.45) is 0 Å². The number of hydrogen-bond acceptors (Lipinski definition) is 3. The van der Waals surface area contributed by atoms with Crippen LogP contribution in [-0.4, -0.2) is 12.8 Å². The van der Waals surface area contributed by atoms with Gasteiger partial charge in [-0.05, 0) is 0 Å². The number of hydrogen-bond donors (Lipinski definition) is 0. The van der Waals surface area contributed by atoms with E-state index in [1.165, 1.54) is 12.8 Å². The van der Waals surface area contributed by atoms with Gasteiger partial charge in [-0.3, -0.25) is 0 Å². The largest absolute Gasteiger partial charge is 0.358 e. The van der Waals surface area contributed by atoms with Crippen molar-refractivity contribution in [2.75, 3.05) is 0 Å². The SMILES string of the molecule is O=[C]=[W](=[C]=O)=[C]=O.[CH3-].[CH3-].[CH3-]. The Balaban J connectivity index is -0.0000000600. The normalized spacial score (nSPS) is 3.60. The van der Waals surface area contributed by atoms with Gasteiger partial charge in [0.15, 0.2) is 0 Å². The fourth-order valence-corrected chi connectivity index (χ4v) is 0.418. The molecular weight excluding hydrogens is 304 g/mol. The third-order valence-corrected chi connectivity index (χ3v) is 2.05. The molecule has 0 aromatic rings. The summed E-state index contributed by atoms with van der Waals surface area (Å²) in [5, 5.41) is 0. The summed E-state index contributed by atoms with van der Waals surface area (Å²) in [6.07, 6.45) is 0. The molecule has 0 aromatic heterocycles. The van der Waals surface area contributed by atoms with Crippen molar-refractivity contribution in [3.63, 3.8) is 0 Å². The van der Waals surface area contributed by atoms with Crippen molar-refractivity contribution in [2.45, 2.75) is 0 Å². The maximum atomic E-state index is 9.40. The fraction of sp³-hybridized carbons (Fsp3) is 0. The van der Waals surface area contributed by atoms with Crippen LogP contribution in [0.2, 0.25) is 0 Å². The summed E-state index contributed by atoms with van der Waals surface area (Å²) < 4.78 is 3.90. The van der Waals surface area contributed by atoms with Crippen LogP contribution in [-0.2, 0) is 30.3 Å². The maximum absolute atomic E-state index is 9.40. The average Bonchev–Trinajstić information content (AvgIpc) is 1.72. The van der Waals surface area contributed by atoms with Gasteiger partial charge in [0, 0.05) is 0 Å². The molecule has 0 atom stereocenters. The fourth-order valence-electron chi connectivity index (χ4n) is 0.0510. The van der Waals surface area contributed by atoms with Crippen LogP contribution in [0.5, 0.6) is 0 Å². The van der Waals surface area contributed by atoms with Crippen LogP contribution in [0.25, 0.3) is 0 Å². The van der Waals surface area contributed by atoms with Gasteiger partial charge in [-0.2, -0.15) is 0 Å². The molecule has 0 saturated carbocycles. The van der Waals surface area contributed by atoms with Crippen molar-refractivity contribution < 1.29 is 30.3 Å². The molecule has 0 N–H and O–H groups in total. The molecule has 3 nitrogen and oxygen atoms in total. The van der Waals surface area contributed by atoms with Gasteiger partial charge in [0.25, 0.3) is 0 Å². The zero-order valence-electron chi connectivity index (χ0n) is 6.13. The van der Waals surface area contributed by atoms with Gasteiger partial charge in [-0.15, -0.1) is 0 Å². The van der Waals surface area contributed by atoms with Crippen LogP contribution in [0.1, 0.15) is 0 Å². The van der Waals surface area contributed by atoms with E-state index < -0.39 is 15.9 Å². The topological polar surface area (TPSA) is 51.2 Å². The van der Waals surface area contributed by atoms with Gasteiger partial charge < -0.3 is 22.3 Å². The molecule has 4 heteroatoms. The molecule has 0 radical (unpaired) electrons. The predicted octanol–water partition coefficient (Wildman–Crippen LogP) is 0.157. The van der Waals surface area contributed by atoms with Gasteiger partial charge in [-0.1, -0.05) is 0 Å². The second kappa shape index (κ2) is 15.8. The first kappa shape index (κ1) is 22.7. The van der Waals surface area contributed by atoms with Crippen molar-refractivity contribution >= 4 is 12.8 Å². The third-order valence-electron chi connectivity index (χ3n) is 0.250. The monoisotopic (exact) mass is 313 g/mol. The Morgan fingerprint density at radius 2 is 0.900 bits per heavy atom. The van der Waals surface area contributed by atoms with E-state index in [1.807, 2.05) is 0 Å². The van der Waals surface area contributed by atoms with E-state index in [-0.39, 0.29) is 22.3 Å². The van der Waals surface area contributed by atoms with Crippen LogP contribution in [0.4, 0.5) is 0 Å². The summed E-state index contributed by atoms with van der Waals surface area (Å²) in [4.78, 5) is 28.2. The molecule has 0 heterocycles. The van der Waals surface area contributed by atoms with Crippen LogP contribution in [0.15, 0.2) is 0 Å². The zero-order valence-corrected chi connectivity index (χ0v) is 9.07. The second-order valence-electron chi connectivity index (χ2n) is 0.556. The Morgan fingerprint density at radius 3 is 0.900 bits per heavy atom. The Morgan fingerprint density at radius 1 is 0.700 bits per heavy atom. The molecule has 10 heavy (non-hydrogen) atoms. The van der Waals surface area contributed by atoms with Crippen LogP contribution < -0.4 is 0 Å². The first-order valence-corrected chi connectivity index (χ1v) is 5.62. The molecule has 0 aliphatic carbocycles. The molecule has 0 fully saturated rings. The molecular formula is C6H9O3W-3. The maximum Gasteiger partial charge on any atom is -0.358 e. The van der Waals surface area contributed by atoms with Crippen molar-refractivity contribution in [3.05, 3.63) is 22.3 Å². The van der Waals surface area contributed by atoms with Gasteiger partial charge in [0.05, 0.1) is 0 Å². The summed E-state index contributed by atoms with van der Waals surface area (Å²) in [5.41, 5.74) is 0. The van der Waals surface area contributed by atoms with Crippen LogP contribution in [0.3, 0.4) is 0 Å². The van der Waals surface area contributed by atoms with Crippen molar-refractivity contribution in [3.8, 4) is 0 Å². The minimum Gasteiger partial charge on any atom is -0.358 e. The van der Waals surface area contributed by atoms with E-state index in [1.54, 1.807) is 0 Å². The standard InChI is InChI=1S/3CO.3CH3.W/c3*1-2;;;;/h;;;3*1H3;/q;;;3*-1;. The molecule has 0 amide bonds. The van der Waals surface area contributed by atoms with E-state index in [9.17, 15) is 14.4 Å². The number of rotatable bonds is 0. The molecule has 0 unspecified atom stereocenters. The van der Waals surface area contributed by atoms with Gasteiger partial charge in [0.1, 0.15) is 0 Å². The molecule has 0 aliphatic heterocycles. The number of carbonyl (C=O) groups excluding carboxylic acids is 3. The summed E-state index contributed by atoms with van der Waals surface area (Å²) in [6.45, 7) is 0. The molecule has 60 valence electrons. The Bertz CT molecular complexity index is 212. The predicted molar refractivity (Wildman–Crippen MR) is 36.3 cm³/mol. The Kier molecular flexibility index (Phi) is 35.9. The first-order valence-electron chi connectivity index (χ1n) is 1.22. The summed E-state index contributed by atoms with van der Waals surface area (Å²) >= 11 is -3.05. The van der Waals surface area contributed by atoms with E-state index >= 15 is 0 Å². The van der Waals surface area contributed by atoms with E-state index in [0.29, 0.717) is 0 Å². The first-order chi connectivity index (χ1) is 3.35. The van der Waals surface area contributed by atoms with Gasteiger partial charge >= 0.3 is 43.1 Å². The third kappa shape index (κ3) is 10.4. The molecule has 0 aromatic carbocycles. The molecule has 0 bridgehead atoms. The smallest absolute Gasteiger partial charge is 0.358 e. The average molecular weight is 313 g/mol. The van der Waals surface area contributed by atoms with Crippen LogP contribution in [0, 0.1) is 22.3 Å². The quantitative estimate of drug-likeness (QED) is 0.599. The van der Waals surface area contributed by atoms with Crippen molar-refractivity contribution in [1.29, 1.82) is 0 Å². The minimum absolute atomic E-state index is 0. The van der Waals surface area contributed by atoms with Gasteiger partial charge in [-0.25, -0.2) is 0 Å². The van der Waals surface area contributed by atoms with Gasteiger partial charge in [0.2, 0.25) is 0 Å². The summed E-state index contributed by atoms with van der Waals surface area (Å²) in [6, 6.07) is 0. The van der Waals surface area contributed by atoms with Crippen molar-refractivity contribution in [1.82, 2.24) is 0 Å². The molecule has 0 spiro atoms. The summed E-state index contributed by atoms with van der Waals surface area (Å²) in [5.74, 6) is 0.